The van der Waals surface area contributed by atoms with Crippen LogP contribution < -0.4 is 15.0 Å². The maximum Gasteiger partial charge on any atom is 0.278 e. The smallest absolute Gasteiger partial charge is 0.278 e. The molecule has 6 nitrogen and oxygen atoms in total. The maximum absolute atomic E-state index is 13.5. The van der Waals surface area contributed by atoms with Crippen molar-refractivity contribution in [2.75, 3.05) is 31.4 Å². The zero-order valence-electron chi connectivity index (χ0n) is 19.3. The molecule has 1 heterocycles. The molecule has 0 fully saturated rings. The van der Waals surface area contributed by atoms with Crippen LogP contribution in [-0.2, 0) is 16.1 Å². The number of hydrogen-bond acceptors (Lipinski definition) is 5. The van der Waals surface area contributed by atoms with Crippen LogP contribution in [0.5, 0.6) is 5.75 Å². The summed E-state index contributed by atoms with van der Waals surface area (Å²) in [5.74, 6) is -0.0593. The van der Waals surface area contributed by atoms with Crippen molar-refractivity contribution < 1.29 is 14.3 Å². The van der Waals surface area contributed by atoms with Crippen molar-refractivity contribution >= 4 is 28.8 Å². The standard InChI is InChI=1S/C27H27N3O3/c1-18-9-11-19(12-10-18)24-25(28-21-13-15-22(16-14-21)29(2)3)27(32)30(26(24)31)17-20-7-5-6-8-23(20)33-4/h5-16,28H,17H2,1-4H3. The Balaban J connectivity index is 1.72. The van der Waals surface area contributed by atoms with Gasteiger partial charge in [-0.05, 0) is 42.8 Å². The van der Waals surface area contributed by atoms with Gasteiger partial charge in [0.2, 0.25) is 0 Å². The van der Waals surface area contributed by atoms with Crippen molar-refractivity contribution in [2.24, 2.45) is 0 Å². The van der Waals surface area contributed by atoms with Crippen LogP contribution in [0.4, 0.5) is 11.4 Å². The minimum absolute atomic E-state index is 0.127. The molecule has 1 aliphatic heterocycles. The molecule has 0 bridgehead atoms. The van der Waals surface area contributed by atoms with E-state index >= 15 is 0 Å². The van der Waals surface area contributed by atoms with Crippen molar-refractivity contribution in [1.82, 2.24) is 4.90 Å². The number of nitrogens with zero attached hydrogens (tertiary/aromatic N) is 2. The van der Waals surface area contributed by atoms with Crippen molar-refractivity contribution in [3.63, 3.8) is 0 Å². The summed E-state index contributed by atoms with van der Waals surface area (Å²) in [7, 11) is 5.51. The molecule has 2 amide bonds. The Bertz CT molecular complexity index is 1210. The molecule has 0 saturated carbocycles. The molecule has 0 aromatic heterocycles. The van der Waals surface area contributed by atoms with Crippen molar-refractivity contribution in [2.45, 2.75) is 13.5 Å². The first-order valence-electron chi connectivity index (χ1n) is 10.7. The molecule has 0 atom stereocenters. The zero-order valence-corrected chi connectivity index (χ0v) is 19.3. The third-order valence-electron chi connectivity index (χ3n) is 5.68. The molecular formula is C27H27N3O3. The number of carbonyl (C=O) groups excluding carboxylic acids is 2. The van der Waals surface area contributed by atoms with Gasteiger partial charge in [0.25, 0.3) is 11.8 Å². The number of anilines is 2. The Morgan fingerprint density at radius 1 is 0.879 bits per heavy atom. The number of aryl methyl sites for hydroxylation is 1. The molecule has 1 N–H and O–H groups in total. The monoisotopic (exact) mass is 441 g/mol. The van der Waals surface area contributed by atoms with Gasteiger partial charge in [-0.15, -0.1) is 0 Å². The highest BCUT2D eigenvalue weighted by Crippen LogP contribution is 2.33. The molecule has 0 radical (unpaired) electrons. The van der Waals surface area contributed by atoms with Gasteiger partial charge in [0.15, 0.2) is 0 Å². The zero-order chi connectivity index (χ0) is 23.5. The van der Waals surface area contributed by atoms with Crippen molar-refractivity contribution in [3.05, 3.63) is 95.2 Å². The topological polar surface area (TPSA) is 61.9 Å². The van der Waals surface area contributed by atoms with E-state index < -0.39 is 0 Å². The number of benzene rings is 3. The van der Waals surface area contributed by atoms with E-state index in [1.54, 1.807) is 7.11 Å². The van der Waals surface area contributed by atoms with Crippen LogP contribution in [0.1, 0.15) is 16.7 Å². The minimum atomic E-state index is -0.363. The Hall–Kier alpha value is -4.06. The van der Waals surface area contributed by atoms with Crippen LogP contribution >= 0.6 is 0 Å². The largest absolute Gasteiger partial charge is 0.496 e. The van der Waals surface area contributed by atoms with Gasteiger partial charge in [-0.1, -0.05) is 48.0 Å². The van der Waals surface area contributed by atoms with Crippen molar-refractivity contribution in [1.29, 1.82) is 0 Å². The number of amides is 2. The van der Waals surface area contributed by atoms with Gasteiger partial charge >= 0.3 is 0 Å². The van der Waals surface area contributed by atoms with Gasteiger partial charge in [-0.25, -0.2) is 0 Å². The van der Waals surface area contributed by atoms with E-state index in [0.717, 1.165) is 22.5 Å². The second kappa shape index (κ2) is 9.20. The Labute approximate surface area is 194 Å². The summed E-state index contributed by atoms with van der Waals surface area (Å²) in [5.41, 5.74) is 4.97. The highest BCUT2D eigenvalue weighted by atomic mass is 16.5. The average molecular weight is 442 g/mol. The summed E-state index contributed by atoms with van der Waals surface area (Å²) in [6, 6.07) is 22.7. The number of ether oxygens (including phenoxy) is 1. The third-order valence-corrected chi connectivity index (χ3v) is 5.68. The Kier molecular flexibility index (Phi) is 6.18. The number of rotatable bonds is 7. The molecule has 0 spiro atoms. The second-order valence-electron chi connectivity index (χ2n) is 8.19. The van der Waals surface area contributed by atoms with E-state index in [4.69, 9.17) is 4.74 Å². The fraction of sp³-hybridized carbons (Fsp3) is 0.185. The Morgan fingerprint density at radius 3 is 2.18 bits per heavy atom. The lowest BCUT2D eigenvalue weighted by atomic mass is 10.0. The van der Waals surface area contributed by atoms with Crippen LogP contribution in [0, 0.1) is 6.92 Å². The molecule has 3 aromatic rings. The summed E-state index contributed by atoms with van der Waals surface area (Å²) >= 11 is 0. The molecule has 4 rings (SSSR count). The van der Waals surface area contributed by atoms with Crippen LogP contribution in [0.2, 0.25) is 0 Å². The van der Waals surface area contributed by atoms with E-state index in [-0.39, 0.29) is 24.1 Å². The van der Waals surface area contributed by atoms with Gasteiger partial charge in [-0.2, -0.15) is 0 Å². The number of imide groups is 1. The van der Waals surface area contributed by atoms with Crippen LogP contribution in [0.3, 0.4) is 0 Å². The number of nitrogens with one attached hydrogen (secondary N) is 1. The lowest BCUT2D eigenvalue weighted by molar-refractivity contribution is -0.137. The quantitative estimate of drug-likeness (QED) is 0.549. The Morgan fingerprint density at radius 2 is 1.55 bits per heavy atom. The fourth-order valence-electron chi connectivity index (χ4n) is 3.81. The highest BCUT2D eigenvalue weighted by molar-refractivity contribution is 6.36. The summed E-state index contributed by atoms with van der Waals surface area (Å²) in [6.07, 6.45) is 0. The molecule has 0 saturated heterocycles. The SMILES string of the molecule is COc1ccccc1CN1C(=O)C(Nc2ccc(N(C)C)cc2)=C(c2ccc(C)cc2)C1=O. The number of hydrogen-bond donors (Lipinski definition) is 1. The summed E-state index contributed by atoms with van der Waals surface area (Å²) in [4.78, 5) is 30.3. The summed E-state index contributed by atoms with van der Waals surface area (Å²) in [6.45, 7) is 2.11. The normalized spacial score (nSPS) is 13.5. The molecule has 1 aliphatic rings. The number of carbonyl (C=O) groups is 2. The van der Waals surface area contributed by atoms with Gasteiger partial charge in [0.1, 0.15) is 11.4 Å². The first-order chi connectivity index (χ1) is 15.9. The molecule has 0 aliphatic carbocycles. The van der Waals surface area contributed by atoms with Gasteiger partial charge in [0.05, 0.1) is 19.2 Å². The first kappa shape index (κ1) is 22.1. The predicted molar refractivity (Wildman–Crippen MR) is 131 cm³/mol. The van der Waals surface area contributed by atoms with Crippen molar-refractivity contribution in [3.8, 4) is 5.75 Å². The highest BCUT2D eigenvalue weighted by Gasteiger charge is 2.39. The molecular weight excluding hydrogens is 414 g/mol. The summed E-state index contributed by atoms with van der Waals surface area (Å²) in [5, 5.41) is 3.21. The fourth-order valence-corrected chi connectivity index (χ4v) is 3.81. The maximum atomic E-state index is 13.5. The van der Waals surface area contributed by atoms with E-state index in [1.165, 1.54) is 4.90 Å². The molecule has 3 aromatic carbocycles. The molecule has 6 heteroatoms. The van der Waals surface area contributed by atoms with Gasteiger partial charge in [-0.3, -0.25) is 14.5 Å². The molecule has 33 heavy (non-hydrogen) atoms. The van der Waals surface area contributed by atoms with Crippen LogP contribution in [0.25, 0.3) is 5.57 Å². The van der Waals surface area contributed by atoms with Crippen LogP contribution in [-0.4, -0.2) is 37.9 Å². The first-order valence-corrected chi connectivity index (χ1v) is 10.7. The van der Waals surface area contributed by atoms with Crippen LogP contribution in [0.15, 0.2) is 78.5 Å². The van der Waals surface area contributed by atoms with E-state index in [1.807, 2.05) is 98.7 Å². The van der Waals surface area contributed by atoms with Gasteiger partial charge < -0.3 is 15.0 Å². The average Bonchev–Trinajstić information content (AvgIpc) is 3.04. The third kappa shape index (κ3) is 4.46. The summed E-state index contributed by atoms with van der Waals surface area (Å²) < 4.78 is 5.42. The second-order valence-corrected chi connectivity index (χ2v) is 8.19. The number of methoxy groups -OCH3 is 1. The van der Waals surface area contributed by atoms with E-state index in [2.05, 4.69) is 5.32 Å². The van der Waals surface area contributed by atoms with E-state index in [0.29, 0.717) is 16.9 Å². The predicted octanol–water partition coefficient (Wildman–Crippen LogP) is 4.46. The van der Waals surface area contributed by atoms with E-state index in [9.17, 15) is 9.59 Å². The van der Waals surface area contributed by atoms with Gasteiger partial charge in [0, 0.05) is 31.0 Å². The molecule has 0 unspecified atom stereocenters. The lowest BCUT2D eigenvalue weighted by Gasteiger charge is -2.17. The molecule has 168 valence electrons. The lowest BCUT2D eigenvalue weighted by Crippen LogP contribution is -2.32. The number of para-hydroxylation sites is 1. The minimum Gasteiger partial charge on any atom is -0.496 e.